The van der Waals surface area contributed by atoms with E-state index in [1.165, 1.54) is 29.7 Å². The lowest BCUT2D eigenvalue weighted by Gasteiger charge is -2.23. The van der Waals surface area contributed by atoms with Crippen molar-refractivity contribution in [2.24, 2.45) is 11.7 Å². The Morgan fingerprint density at radius 1 is 1.41 bits per heavy atom. The fourth-order valence-electron chi connectivity index (χ4n) is 2.62. The highest BCUT2D eigenvalue weighted by Gasteiger charge is 2.18. The summed E-state index contributed by atoms with van der Waals surface area (Å²) in [5, 5.41) is 0. The van der Waals surface area contributed by atoms with Crippen LogP contribution in [0.4, 0.5) is 5.82 Å². The maximum absolute atomic E-state index is 5.85. The SMILES string of the molecule is CC(C)CN(C)c1nc2c(cc1CN)CCC2. The third kappa shape index (κ3) is 2.60. The molecule has 3 nitrogen and oxygen atoms in total. The Balaban J connectivity index is 2.32. The molecular weight excluding hydrogens is 210 g/mol. The van der Waals surface area contributed by atoms with Crippen LogP contribution < -0.4 is 10.6 Å². The van der Waals surface area contributed by atoms with E-state index in [-0.39, 0.29) is 0 Å². The van der Waals surface area contributed by atoms with Crippen molar-refractivity contribution >= 4 is 5.82 Å². The molecule has 2 rings (SSSR count). The van der Waals surface area contributed by atoms with Gasteiger partial charge < -0.3 is 10.6 Å². The van der Waals surface area contributed by atoms with Crippen molar-refractivity contribution in [2.45, 2.75) is 39.7 Å². The summed E-state index contributed by atoms with van der Waals surface area (Å²) in [5.41, 5.74) is 9.73. The largest absolute Gasteiger partial charge is 0.359 e. The van der Waals surface area contributed by atoms with Crippen LogP contribution in [-0.4, -0.2) is 18.6 Å². The van der Waals surface area contributed by atoms with Crippen LogP contribution >= 0.6 is 0 Å². The van der Waals surface area contributed by atoms with E-state index in [1.807, 2.05) is 0 Å². The van der Waals surface area contributed by atoms with E-state index in [2.05, 4.69) is 31.9 Å². The number of aromatic nitrogens is 1. The highest BCUT2D eigenvalue weighted by molar-refractivity contribution is 5.50. The summed E-state index contributed by atoms with van der Waals surface area (Å²) < 4.78 is 0. The minimum Gasteiger partial charge on any atom is -0.359 e. The molecule has 0 radical (unpaired) electrons. The van der Waals surface area contributed by atoms with Gasteiger partial charge in [0.1, 0.15) is 5.82 Å². The van der Waals surface area contributed by atoms with E-state index in [9.17, 15) is 0 Å². The summed E-state index contributed by atoms with van der Waals surface area (Å²) in [6, 6.07) is 2.27. The number of nitrogens with zero attached hydrogens (tertiary/aromatic N) is 2. The van der Waals surface area contributed by atoms with Gasteiger partial charge in [-0.2, -0.15) is 0 Å². The number of fused-ring (bicyclic) bond motifs is 1. The van der Waals surface area contributed by atoms with Crippen LogP contribution in [0.3, 0.4) is 0 Å². The van der Waals surface area contributed by atoms with Gasteiger partial charge >= 0.3 is 0 Å². The third-order valence-corrected chi connectivity index (χ3v) is 3.33. The normalized spacial score (nSPS) is 14.2. The maximum atomic E-state index is 5.85. The summed E-state index contributed by atoms with van der Waals surface area (Å²) in [7, 11) is 2.11. The molecule has 0 aliphatic heterocycles. The van der Waals surface area contributed by atoms with Gasteiger partial charge in [-0.15, -0.1) is 0 Å². The molecule has 0 saturated heterocycles. The van der Waals surface area contributed by atoms with E-state index < -0.39 is 0 Å². The summed E-state index contributed by atoms with van der Waals surface area (Å²) in [5.74, 6) is 1.72. The highest BCUT2D eigenvalue weighted by Crippen LogP contribution is 2.27. The zero-order valence-electron chi connectivity index (χ0n) is 11.2. The molecule has 1 aromatic heterocycles. The second-order valence-electron chi connectivity index (χ2n) is 5.41. The molecule has 1 aromatic rings. The molecule has 94 valence electrons. The molecule has 17 heavy (non-hydrogen) atoms. The van der Waals surface area contributed by atoms with E-state index in [4.69, 9.17) is 10.7 Å². The van der Waals surface area contributed by atoms with Gasteiger partial charge in [0, 0.05) is 31.4 Å². The number of anilines is 1. The van der Waals surface area contributed by atoms with Gasteiger partial charge in [-0.1, -0.05) is 13.8 Å². The number of pyridine rings is 1. The molecule has 0 saturated carbocycles. The van der Waals surface area contributed by atoms with Crippen LogP contribution in [0.5, 0.6) is 0 Å². The standard InChI is InChI=1S/C14H23N3/c1-10(2)9-17(3)14-12(8-15)7-11-5-4-6-13(11)16-14/h7,10H,4-6,8-9,15H2,1-3H3. The second-order valence-corrected chi connectivity index (χ2v) is 5.41. The summed E-state index contributed by atoms with van der Waals surface area (Å²) >= 11 is 0. The van der Waals surface area contributed by atoms with Crippen molar-refractivity contribution in [3.05, 3.63) is 22.9 Å². The van der Waals surface area contributed by atoms with Crippen molar-refractivity contribution in [1.82, 2.24) is 4.98 Å². The predicted molar refractivity (Wildman–Crippen MR) is 72.3 cm³/mol. The van der Waals surface area contributed by atoms with Crippen molar-refractivity contribution in [3.63, 3.8) is 0 Å². The van der Waals surface area contributed by atoms with Crippen LogP contribution in [0.2, 0.25) is 0 Å². The molecule has 0 amide bonds. The lowest BCUT2D eigenvalue weighted by atomic mass is 10.1. The van der Waals surface area contributed by atoms with Crippen LogP contribution in [-0.2, 0) is 19.4 Å². The van der Waals surface area contributed by atoms with E-state index in [0.717, 1.165) is 18.8 Å². The van der Waals surface area contributed by atoms with Crippen LogP contribution in [0.25, 0.3) is 0 Å². The Morgan fingerprint density at radius 3 is 2.82 bits per heavy atom. The Labute approximate surface area is 104 Å². The second kappa shape index (κ2) is 5.05. The van der Waals surface area contributed by atoms with Crippen molar-refractivity contribution in [1.29, 1.82) is 0 Å². The minimum absolute atomic E-state index is 0.581. The monoisotopic (exact) mass is 233 g/mol. The zero-order valence-corrected chi connectivity index (χ0v) is 11.2. The minimum atomic E-state index is 0.581. The van der Waals surface area contributed by atoms with Gasteiger partial charge in [0.2, 0.25) is 0 Å². The number of aryl methyl sites for hydroxylation is 2. The zero-order chi connectivity index (χ0) is 12.4. The summed E-state index contributed by atoms with van der Waals surface area (Å²) in [6.45, 7) is 6.06. The fourth-order valence-corrected chi connectivity index (χ4v) is 2.62. The first kappa shape index (κ1) is 12.4. The average Bonchev–Trinajstić information content (AvgIpc) is 2.73. The van der Waals surface area contributed by atoms with Crippen molar-refractivity contribution in [3.8, 4) is 0 Å². The van der Waals surface area contributed by atoms with Gasteiger partial charge in [-0.25, -0.2) is 4.98 Å². The summed E-state index contributed by atoms with van der Waals surface area (Å²) in [6.07, 6.45) is 3.54. The van der Waals surface area contributed by atoms with E-state index in [0.29, 0.717) is 12.5 Å². The quantitative estimate of drug-likeness (QED) is 0.866. The molecule has 1 heterocycles. The van der Waals surface area contributed by atoms with E-state index >= 15 is 0 Å². The van der Waals surface area contributed by atoms with Crippen molar-refractivity contribution < 1.29 is 0 Å². The molecule has 1 aliphatic rings. The number of rotatable bonds is 4. The van der Waals surface area contributed by atoms with Crippen LogP contribution in [0.1, 0.15) is 37.1 Å². The maximum Gasteiger partial charge on any atom is 0.133 e. The van der Waals surface area contributed by atoms with Gasteiger partial charge in [-0.05, 0) is 36.8 Å². The first-order valence-electron chi connectivity index (χ1n) is 6.54. The van der Waals surface area contributed by atoms with Gasteiger partial charge in [-0.3, -0.25) is 0 Å². The van der Waals surface area contributed by atoms with Gasteiger partial charge in [0.15, 0.2) is 0 Å². The summed E-state index contributed by atoms with van der Waals surface area (Å²) in [4.78, 5) is 7.06. The molecule has 1 aliphatic carbocycles. The first-order chi connectivity index (χ1) is 8.11. The molecule has 0 spiro atoms. The lowest BCUT2D eigenvalue weighted by Crippen LogP contribution is -2.25. The lowest BCUT2D eigenvalue weighted by molar-refractivity contribution is 0.632. The Bertz CT molecular complexity index is 399. The molecule has 2 N–H and O–H groups in total. The molecule has 0 aromatic carbocycles. The number of nitrogens with two attached hydrogens (primary N) is 1. The topological polar surface area (TPSA) is 42.2 Å². The number of hydrogen-bond donors (Lipinski definition) is 1. The van der Waals surface area contributed by atoms with Gasteiger partial charge in [0.25, 0.3) is 0 Å². The molecule has 0 atom stereocenters. The number of hydrogen-bond acceptors (Lipinski definition) is 3. The third-order valence-electron chi connectivity index (χ3n) is 3.33. The predicted octanol–water partition coefficient (Wildman–Crippen LogP) is 2.12. The molecule has 3 heteroatoms. The smallest absolute Gasteiger partial charge is 0.133 e. The highest BCUT2D eigenvalue weighted by atomic mass is 15.2. The van der Waals surface area contributed by atoms with E-state index in [1.54, 1.807) is 0 Å². The molecule has 0 fully saturated rings. The van der Waals surface area contributed by atoms with Crippen molar-refractivity contribution in [2.75, 3.05) is 18.5 Å². The molecular formula is C14H23N3. The molecule has 0 unspecified atom stereocenters. The Kier molecular flexibility index (Phi) is 3.67. The van der Waals surface area contributed by atoms with Gasteiger partial charge in [0.05, 0.1) is 0 Å². The fraction of sp³-hybridized carbons (Fsp3) is 0.643. The van der Waals surface area contributed by atoms with Crippen LogP contribution in [0, 0.1) is 5.92 Å². The van der Waals surface area contributed by atoms with Crippen LogP contribution in [0.15, 0.2) is 6.07 Å². The Hall–Kier alpha value is -1.09. The first-order valence-corrected chi connectivity index (χ1v) is 6.54. The Morgan fingerprint density at radius 2 is 2.18 bits per heavy atom. The molecule has 0 bridgehead atoms. The average molecular weight is 233 g/mol.